The van der Waals surface area contributed by atoms with E-state index in [1.807, 2.05) is 43.3 Å². The van der Waals surface area contributed by atoms with E-state index in [9.17, 15) is 13.2 Å². The van der Waals surface area contributed by atoms with E-state index >= 15 is 0 Å². The molecule has 0 radical (unpaired) electrons. The molecular formula is C20H27N3O4S. The summed E-state index contributed by atoms with van der Waals surface area (Å²) in [5, 5.41) is 2.89. The van der Waals surface area contributed by atoms with Gasteiger partial charge in [0.1, 0.15) is 5.75 Å². The van der Waals surface area contributed by atoms with Gasteiger partial charge >= 0.3 is 0 Å². The highest BCUT2D eigenvalue weighted by atomic mass is 32.2. The maximum atomic E-state index is 12.6. The number of hydrogen-bond acceptors (Lipinski definition) is 5. The van der Waals surface area contributed by atoms with E-state index in [4.69, 9.17) is 4.74 Å². The Bertz CT molecular complexity index is 927. The van der Waals surface area contributed by atoms with Crippen LogP contribution < -0.4 is 10.1 Å². The third-order valence-corrected chi connectivity index (χ3v) is 6.24. The van der Waals surface area contributed by atoms with Gasteiger partial charge in [-0.15, -0.1) is 0 Å². The van der Waals surface area contributed by atoms with Crippen LogP contribution in [0.3, 0.4) is 0 Å². The Morgan fingerprint density at radius 1 is 1.07 bits per heavy atom. The topological polar surface area (TPSA) is 78.9 Å². The second kappa shape index (κ2) is 9.18. The number of amides is 1. The lowest BCUT2D eigenvalue weighted by Crippen LogP contribution is -2.34. The van der Waals surface area contributed by atoms with Gasteiger partial charge in [0.05, 0.1) is 18.0 Å². The van der Waals surface area contributed by atoms with E-state index in [1.54, 1.807) is 19.2 Å². The Hall–Kier alpha value is -2.42. The molecule has 0 spiro atoms. The van der Waals surface area contributed by atoms with Crippen LogP contribution in [0.5, 0.6) is 5.75 Å². The zero-order valence-electron chi connectivity index (χ0n) is 16.8. The molecule has 2 aromatic rings. The number of sulfonamides is 1. The van der Waals surface area contributed by atoms with Crippen LogP contribution in [0.2, 0.25) is 0 Å². The van der Waals surface area contributed by atoms with E-state index in [0.717, 1.165) is 15.6 Å². The third kappa shape index (κ3) is 5.09. The van der Waals surface area contributed by atoms with Crippen molar-refractivity contribution < 1.29 is 17.9 Å². The molecule has 2 rings (SSSR count). The van der Waals surface area contributed by atoms with Gasteiger partial charge in [0, 0.05) is 26.2 Å². The number of nitrogens with one attached hydrogen (secondary N) is 1. The second-order valence-corrected chi connectivity index (χ2v) is 8.93. The van der Waals surface area contributed by atoms with Crippen LogP contribution in [0, 0.1) is 0 Å². The standard InChI is InChI=1S/C20H27N3O4S/c1-22(2)19(15-8-6-10-17(12-15)27-5)14-21-20(24)16-9-7-11-18(13-16)28(25,26)23(3)4/h6-13,19H,14H2,1-5H3,(H,21,24)/t19-/m0/s1. The van der Waals surface area contributed by atoms with Crippen LogP contribution in [0.25, 0.3) is 0 Å². The first-order chi connectivity index (χ1) is 13.2. The quantitative estimate of drug-likeness (QED) is 0.727. The Morgan fingerprint density at radius 2 is 1.75 bits per heavy atom. The SMILES string of the molecule is COc1cccc([C@H](CNC(=O)c2cccc(S(=O)(=O)N(C)C)c2)N(C)C)c1. The molecule has 1 atom stereocenters. The molecule has 8 heteroatoms. The minimum atomic E-state index is -3.60. The van der Waals surface area contributed by atoms with E-state index in [1.165, 1.54) is 26.2 Å². The van der Waals surface area contributed by atoms with Crippen molar-refractivity contribution in [3.8, 4) is 5.75 Å². The summed E-state index contributed by atoms with van der Waals surface area (Å²) >= 11 is 0. The number of nitrogens with zero attached hydrogens (tertiary/aromatic N) is 2. The Kier molecular flexibility index (Phi) is 7.17. The first kappa shape index (κ1) is 21.9. The molecule has 0 aliphatic rings. The summed E-state index contributed by atoms with van der Waals surface area (Å²) in [5.74, 6) is 0.419. The molecule has 0 aliphatic carbocycles. The van der Waals surface area contributed by atoms with Crippen LogP contribution in [0.1, 0.15) is 22.0 Å². The summed E-state index contributed by atoms with van der Waals surface area (Å²) in [6.07, 6.45) is 0. The van der Waals surface area contributed by atoms with Gasteiger partial charge in [-0.1, -0.05) is 18.2 Å². The van der Waals surface area contributed by atoms with E-state index in [0.29, 0.717) is 12.1 Å². The van der Waals surface area contributed by atoms with Gasteiger partial charge in [0.25, 0.3) is 5.91 Å². The van der Waals surface area contributed by atoms with Crippen LogP contribution in [0.4, 0.5) is 0 Å². The molecule has 1 amide bonds. The molecule has 1 N–H and O–H groups in total. The van der Waals surface area contributed by atoms with Gasteiger partial charge in [-0.05, 0) is 50.0 Å². The van der Waals surface area contributed by atoms with E-state index < -0.39 is 10.0 Å². The largest absolute Gasteiger partial charge is 0.497 e. The van der Waals surface area contributed by atoms with Crippen LogP contribution >= 0.6 is 0 Å². The van der Waals surface area contributed by atoms with E-state index in [-0.39, 0.29) is 16.8 Å². The van der Waals surface area contributed by atoms with Crippen molar-refractivity contribution >= 4 is 15.9 Å². The number of likely N-dealkylation sites (N-methyl/N-ethyl adjacent to an activating group) is 1. The summed E-state index contributed by atoms with van der Waals surface area (Å²) < 4.78 is 31.0. The number of benzene rings is 2. The molecule has 0 aromatic heterocycles. The summed E-state index contributed by atoms with van der Waals surface area (Å²) in [5.41, 5.74) is 1.31. The molecular weight excluding hydrogens is 378 g/mol. The van der Waals surface area contributed by atoms with Gasteiger partial charge in [-0.3, -0.25) is 4.79 Å². The minimum absolute atomic E-state index is 0.0623. The zero-order chi connectivity index (χ0) is 20.9. The number of carbonyl (C=O) groups is 1. The second-order valence-electron chi connectivity index (χ2n) is 6.78. The van der Waals surface area contributed by atoms with Gasteiger partial charge in [-0.25, -0.2) is 12.7 Å². The minimum Gasteiger partial charge on any atom is -0.497 e. The summed E-state index contributed by atoms with van der Waals surface area (Å²) in [4.78, 5) is 14.7. The maximum absolute atomic E-state index is 12.6. The van der Waals surface area contributed by atoms with Crippen molar-refractivity contribution in [2.45, 2.75) is 10.9 Å². The fraction of sp³-hybridized carbons (Fsp3) is 0.350. The number of ether oxygens (including phenoxy) is 1. The van der Waals surface area contributed by atoms with Crippen molar-refractivity contribution in [1.82, 2.24) is 14.5 Å². The Balaban J connectivity index is 2.17. The van der Waals surface area contributed by atoms with Crippen LogP contribution in [-0.4, -0.2) is 65.4 Å². The van der Waals surface area contributed by atoms with Gasteiger partial charge in [0.2, 0.25) is 10.0 Å². The average Bonchev–Trinajstić information content (AvgIpc) is 2.67. The lowest BCUT2D eigenvalue weighted by Gasteiger charge is -2.25. The summed E-state index contributed by atoms with van der Waals surface area (Å²) in [6.45, 7) is 0.365. The number of carbonyl (C=O) groups excluding carboxylic acids is 1. The van der Waals surface area contributed by atoms with Crippen LogP contribution in [-0.2, 0) is 10.0 Å². The molecule has 0 bridgehead atoms. The predicted molar refractivity (Wildman–Crippen MR) is 109 cm³/mol. The van der Waals surface area contributed by atoms with E-state index in [2.05, 4.69) is 5.32 Å². The molecule has 0 saturated heterocycles. The van der Waals surface area contributed by atoms with Gasteiger partial charge in [-0.2, -0.15) is 0 Å². The molecule has 0 aliphatic heterocycles. The zero-order valence-corrected chi connectivity index (χ0v) is 17.7. The molecule has 152 valence electrons. The highest BCUT2D eigenvalue weighted by Crippen LogP contribution is 2.22. The van der Waals surface area contributed by atoms with Crippen molar-refractivity contribution in [1.29, 1.82) is 0 Å². The van der Waals surface area contributed by atoms with Crippen molar-refractivity contribution in [2.24, 2.45) is 0 Å². The number of methoxy groups -OCH3 is 1. The van der Waals surface area contributed by atoms with Gasteiger partial charge < -0.3 is 15.0 Å². The maximum Gasteiger partial charge on any atom is 0.251 e. The monoisotopic (exact) mass is 405 g/mol. The number of rotatable bonds is 8. The molecule has 7 nitrogen and oxygen atoms in total. The number of hydrogen-bond donors (Lipinski definition) is 1. The Morgan fingerprint density at radius 3 is 2.36 bits per heavy atom. The lowest BCUT2D eigenvalue weighted by atomic mass is 10.1. The lowest BCUT2D eigenvalue weighted by molar-refractivity contribution is 0.0941. The molecule has 28 heavy (non-hydrogen) atoms. The van der Waals surface area contributed by atoms with Crippen molar-refractivity contribution in [3.63, 3.8) is 0 Å². The molecule has 0 heterocycles. The van der Waals surface area contributed by atoms with Crippen LogP contribution in [0.15, 0.2) is 53.4 Å². The molecule has 2 aromatic carbocycles. The summed E-state index contributed by atoms with van der Waals surface area (Å²) in [6, 6.07) is 13.6. The fourth-order valence-electron chi connectivity index (χ4n) is 2.75. The molecule has 0 fully saturated rings. The highest BCUT2D eigenvalue weighted by Gasteiger charge is 2.20. The predicted octanol–water partition coefficient (Wildman–Crippen LogP) is 1.98. The summed E-state index contributed by atoms with van der Waals surface area (Å²) in [7, 11) is 4.79. The smallest absolute Gasteiger partial charge is 0.251 e. The first-order valence-electron chi connectivity index (χ1n) is 8.78. The first-order valence-corrected chi connectivity index (χ1v) is 10.2. The van der Waals surface area contributed by atoms with Crippen molar-refractivity contribution in [3.05, 3.63) is 59.7 Å². The van der Waals surface area contributed by atoms with Crippen molar-refractivity contribution in [2.75, 3.05) is 41.8 Å². The molecule has 0 unspecified atom stereocenters. The highest BCUT2D eigenvalue weighted by molar-refractivity contribution is 7.89. The molecule has 0 saturated carbocycles. The van der Waals surface area contributed by atoms with Gasteiger partial charge in [0.15, 0.2) is 0 Å². The normalized spacial score (nSPS) is 12.8. The Labute approximate surface area is 167 Å². The fourth-order valence-corrected chi connectivity index (χ4v) is 3.70. The average molecular weight is 406 g/mol. The third-order valence-electron chi connectivity index (χ3n) is 4.43.